The first kappa shape index (κ1) is 14.5. The zero-order chi connectivity index (χ0) is 13.0. The molecule has 0 aliphatic heterocycles. The van der Waals surface area contributed by atoms with E-state index in [9.17, 15) is 4.79 Å². The fourth-order valence-electron chi connectivity index (χ4n) is 1.16. The maximum atomic E-state index is 10.8. The summed E-state index contributed by atoms with van der Waals surface area (Å²) in [4.78, 5) is 10.8. The van der Waals surface area contributed by atoms with Crippen molar-refractivity contribution in [1.29, 1.82) is 0 Å². The number of hydrogen-bond donors (Lipinski definition) is 1. The number of hydrogen-bond acceptors (Lipinski definition) is 2. The molecule has 0 bridgehead atoms. The van der Waals surface area contributed by atoms with Crippen LogP contribution >= 0.6 is 31.9 Å². The lowest BCUT2D eigenvalue weighted by Gasteiger charge is -2.14. The first-order valence-corrected chi connectivity index (χ1v) is 6.89. The molecule has 0 saturated carbocycles. The molecule has 1 atom stereocenters. The molecule has 3 nitrogen and oxygen atoms in total. The third-order valence-corrected chi connectivity index (χ3v) is 3.63. The zero-order valence-corrected chi connectivity index (χ0v) is 12.8. The predicted octanol–water partition coefficient (Wildman–Crippen LogP) is 4.33. The number of ether oxygens (including phenoxy) is 1. The van der Waals surface area contributed by atoms with Gasteiger partial charge in [-0.2, -0.15) is 0 Å². The number of rotatable bonds is 5. The van der Waals surface area contributed by atoms with Crippen molar-refractivity contribution < 1.29 is 14.6 Å². The molecule has 0 amide bonds. The number of halogens is 2. The van der Waals surface area contributed by atoms with Crippen molar-refractivity contribution in [2.45, 2.75) is 20.3 Å². The molecule has 0 saturated heterocycles. The third kappa shape index (κ3) is 4.00. The number of carboxylic acids is 1. The zero-order valence-electron chi connectivity index (χ0n) is 9.67. The SMILES string of the molecule is CCC(C)COc1c(Br)cc(C(=O)O)cc1Br. The maximum Gasteiger partial charge on any atom is 0.335 e. The van der Waals surface area contributed by atoms with E-state index in [4.69, 9.17) is 9.84 Å². The topological polar surface area (TPSA) is 46.5 Å². The number of carboxylic acid groups (broad SMARTS) is 1. The number of carbonyl (C=O) groups is 1. The Morgan fingerprint density at radius 3 is 2.35 bits per heavy atom. The summed E-state index contributed by atoms with van der Waals surface area (Å²) in [5.41, 5.74) is 0.222. The monoisotopic (exact) mass is 364 g/mol. The van der Waals surface area contributed by atoms with E-state index in [-0.39, 0.29) is 5.56 Å². The van der Waals surface area contributed by atoms with Gasteiger partial charge in [0.1, 0.15) is 5.75 Å². The van der Waals surface area contributed by atoms with E-state index < -0.39 is 5.97 Å². The molecule has 1 aromatic rings. The molecule has 0 fully saturated rings. The molecule has 1 aromatic carbocycles. The fourth-order valence-corrected chi connectivity index (χ4v) is 2.58. The van der Waals surface area contributed by atoms with Crippen molar-refractivity contribution in [2.24, 2.45) is 5.92 Å². The van der Waals surface area contributed by atoms with Crippen molar-refractivity contribution in [3.05, 3.63) is 26.6 Å². The summed E-state index contributed by atoms with van der Waals surface area (Å²) in [6.07, 6.45) is 1.04. The standard InChI is InChI=1S/C12H14Br2O3/c1-3-7(2)6-17-11-9(13)4-8(12(15)16)5-10(11)14/h4-5,7H,3,6H2,1-2H3,(H,15,16). The Kier molecular flexibility index (Phi) is 5.46. The highest BCUT2D eigenvalue weighted by Crippen LogP contribution is 2.35. The molecule has 0 heterocycles. The van der Waals surface area contributed by atoms with Gasteiger partial charge in [-0.25, -0.2) is 4.79 Å². The van der Waals surface area contributed by atoms with E-state index >= 15 is 0 Å². The van der Waals surface area contributed by atoms with Crippen LogP contribution in [0.15, 0.2) is 21.1 Å². The van der Waals surface area contributed by atoms with Crippen LogP contribution in [0.3, 0.4) is 0 Å². The molecule has 0 aliphatic rings. The highest BCUT2D eigenvalue weighted by molar-refractivity contribution is 9.11. The van der Waals surface area contributed by atoms with E-state index in [1.54, 1.807) is 12.1 Å². The summed E-state index contributed by atoms with van der Waals surface area (Å²) in [6.45, 7) is 4.82. The smallest absolute Gasteiger partial charge is 0.335 e. The molecule has 0 aliphatic carbocycles. The van der Waals surface area contributed by atoms with Crippen LogP contribution in [0.5, 0.6) is 5.75 Å². The molecule has 5 heteroatoms. The summed E-state index contributed by atoms with van der Waals surface area (Å²) in [7, 11) is 0. The maximum absolute atomic E-state index is 10.8. The quantitative estimate of drug-likeness (QED) is 0.844. The lowest BCUT2D eigenvalue weighted by atomic mass is 10.1. The van der Waals surface area contributed by atoms with Crippen molar-refractivity contribution >= 4 is 37.8 Å². The van der Waals surface area contributed by atoms with Crippen LogP contribution in [-0.4, -0.2) is 17.7 Å². The summed E-state index contributed by atoms with van der Waals surface area (Å²) < 4.78 is 6.96. The second-order valence-electron chi connectivity index (χ2n) is 3.90. The van der Waals surface area contributed by atoms with E-state index in [0.29, 0.717) is 27.2 Å². The Hall–Kier alpha value is -0.550. The van der Waals surface area contributed by atoms with E-state index in [1.165, 1.54) is 0 Å². The molecule has 17 heavy (non-hydrogen) atoms. The highest BCUT2D eigenvalue weighted by atomic mass is 79.9. The highest BCUT2D eigenvalue weighted by Gasteiger charge is 2.13. The normalized spacial score (nSPS) is 12.2. The minimum Gasteiger partial charge on any atom is -0.491 e. The molecule has 0 radical (unpaired) electrons. The summed E-state index contributed by atoms with van der Waals surface area (Å²) in [5.74, 6) is 0.156. The van der Waals surface area contributed by atoms with Gasteiger partial charge in [-0.3, -0.25) is 0 Å². The van der Waals surface area contributed by atoms with Gasteiger partial charge in [-0.05, 0) is 49.9 Å². The molecular formula is C12H14Br2O3. The van der Waals surface area contributed by atoms with Gasteiger partial charge in [0.2, 0.25) is 0 Å². The molecule has 1 unspecified atom stereocenters. The first-order chi connectivity index (χ1) is 7.95. The van der Waals surface area contributed by atoms with Crippen LogP contribution in [0.4, 0.5) is 0 Å². The van der Waals surface area contributed by atoms with Gasteiger partial charge >= 0.3 is 5.97 Å². The van der Waals surface area contributed by atoms with E-state index in [0.717, 1.165) is 6.42 Å². The summed E-state index contributed by atoms with van der Waals surface area (Å²) in [6, 6.07) is 3.08. The van der Waals surface area contributed by atoms with Gasteiger partial charge < -0.3 is 9.84 Å². The van der Waals surface area contributed by atoms with Crippen molar-refractivity contribution in [3.8, 4) is 5.75 Å². The Balaban J connectivity index is 2.90. The first-order valence-electron chi connectivity index (χ1n) is 5.30. The van der Waals surface area contributed by atoms with E-state index in [2.05, 4.69) is 45.7 Å². The van der Waals surface area contributed by atoms with Crippen LogP contribution < -0.4 is 4.74 Å². The van der Waals surface area contributed by atoms with E-state index in [1.807, 2.05) is 0 Å². The lowest BCUT2D eigenvalue weighted by molar-refractivity contribution is 0.0696. The van der Waals surface area contributed by atoms with Crippen LogP contribution in [0, 0.1) is 5.92 Å². The minimum atomic E-state index is -0.958. The van der Waals surface area contributed by atoms with Gasteiger partial charge in [0, 0.05) is 0 Å². The van der Waals surface area contributed by atoms with Crippen LogP contribution in [0.2, 0.25) is 0 Å². The van der Waals surface area contributed by atoms with Crippen molar-refractivity contribution in [3.63, 3.8) is 0 Å². The Labute approximate surface area is 117 Å². The molecule has 1 N–H and O–H groups in total. The van der Waals surface area contributed by atoms with Gasteiger partial charge in [0.25, 0.3) is 0 Å². The summed E-state index contributed by atoms with van der Waals surface area (Å²) in [5, 5.41) is 8.90. The summed E-state index contributed by atoms with van der Waals surface area (Å²) >= 11 is 6.64. The molecule has 1 rings (SSSR count). The van der Waals surface area contributed by atoms with Crippen molar-refractivity contribution in [1.82, 2.24) is 0 Å². The fraction of sp³-hybridized carbons (Fsp3) is 0.417. The molecule has 0 aromatic heterocycles. The average molecular weight is 366 g/mol. The number of benzene rings is 1. The largest absolute Gasteiger partial charge is 0.491 e. The molecule has 94 valence electrons. The van der Waals surface area contributed by atoms with Crippen molar-refractivity contribution in [2.75, 3.05) is 6.61 Å². The number of aromatic carboxylic acids is 1. The third-order valence-electron chi connectivity index (χ3n) is 2.45. The van der Waals surface area contributed by atoms with Crippen LogP contribution in [0.25, 0.3) is 0 Å². The Morgan fingerprint density at radius 2 is 1.94 bits per heavy atom. The van der Waals surface area contributed by atoms with Crippen LogP contribution in [0.1, 0.15) is 30.6 Å². The molecule has 0 spiro atoms. The van der Waals surface area contributed by atoms with Crippen LogP contribution in [-0.2, 0) is 0 Å². The minimum absolute atomic E-state index is 0.222. The second-order valence-corrected chi connectivity index (χ2v) is 5.61. The Bertz CT molecular complexity index is 395. The van der Waals surface area contributed by atoms with Gasteiger partial charge in [0.15, 0.2) is 0 Å². The lowest BCUT2D eigenvalue weighted by Crippen LogP contribution is -2.08. The molecular weight excluding hydrogens is 352 g/mol. The van der Waals surface area contributed by atoms with Gasteiger partial charge in [0.05, 0.1) is 21.1 Å². The van der Waals surface area contributed by atoms with Gasteiger partial charge in [-0.15, -0.1) is 0 Å². The average Bonchev–Trinajstić information content (AvgIpc) is 2.27. The van der Waals surface area contributed by atoms with Gasteiger partial charge in [-0.1, -0.05) is 20.3 Å². The predicted molar refractivity (Wildman–Crippen MR) is 73.8 cm³/mol. The second kappa shape index (κ2) is 6.40. The Morgan fingerprint density at radius 1 is 1.41 bits per heavy atom.